The molecule has 0 bridgehead atoms. The molecule has 3 amide bonds. The van der Waals surface area contributed by atoms with Gasteiger partial charge in [0.25, 0.3) is 11.8 Å². The smallest absolute Gasteiger partial charge is 0.257 e. The van der Waals surface area contributed by atoms with Crippen LogP contribution in [0.4, 0.5) is 20.2 Å². The summed E-state index contributed by atoms with van der Waals surface area (Å²) < 4.78 is 27.9. The quantitative estimate of drug-likeness (QED) is 0.317. The number of hydrogen-bond acceptors (Lipinski definition) is 4. The van der Waals surface area contributed by atoms with Gasteiger partial charge in [-0.2, -0.15) is 0 Å². The predicted octanol–water partition coefficient (Wildman–Crippen LogP) is 5.21. The van der Waals surface area contributed by atoms with Gasteiger partial charge in [-0.25, -0.2) is 8.78 Å². The minimum absolute atomic E-state index is 0.0942. The lowest BCUT2D eigenvalue weighted by Crippen LogP contribution is -2.48. The standard InChI is InChI=1S/C33H30F2N4O3/c34-26-10-6-9-25(21-26)32(41)38-19-17-37(18-20-38)28-15-13-27(14-16-28)36-31(40)23-39(22-24-7-2-1-3-8-24)33(42)29-11-4-5-12-30(29)35/h1-16,21H,17-20,22-23H2,(H,36,40). The lowest BCUT2D eigenvalue weighted by Gasteiger charge is -2.36. The van der Waals surface area contributed by atoms with Crippen LogP contribution in [0.25, 0.3) is 0 Å². The maximum absolute atomic E-state index is 14.4. The van der Waals surface area contributed by atoms with Crippen molar-refractivity contribution in [2.24, 2.45) is 0 Å². The molecule has 214 valence electrons. The lowest BCUT2D eigenvalue weighted by molar-refractivity contribution is -0.117. The molecule has 7 nitrogen and oxygen atoms in total. The average molecular weight is 569 g/mol. The van der Waals surface area contributed by atoms with Crippen LogP contribution in [-0.2, 0) is 11.3 Å². The Labute approximate surface area is 243 Å². The van der Waals surface area contributed by atoms with Gasteiger partial charge in [0.05, 0.1) is 5.56 Å². The number of halogens is 2. The summed E-state index contributed by atoms with van der Waals surface area (Å²) in [6.07, 6.45) is 0. The summed E-state index contributed by atoms with van der Waals surface area (Å²) in [4.78, 5) is 44.1. The molecule has 1 saturated heterocycles. The molecule has 0 aromatic heterocycles. The Morgan fingerprint density at radius 2 is 1.45 bits per heavy atom. The van der Waals surface area contributed by atoms with Gasteiger partial charge < -0.3 is 20.0 Å². The van der Waals surface area contributed by atoms with Crippen molar-refractivity contribution >= 4 is 29.1 Å². The molecule has 1 aliphatic heterocycles. The van der Waals surface area contributed by atoms with Gasteiger partial charge in [0, 0.05) is 49.7 Å². The largest absolute Gasteiger partial charge is 0.368 e. The minimum Gasteiger partial charge on any atom is -0.368 e. The maximum atomic E-state index is 14.4. The topological polar surface area (TPSA) is 73.0 Å². The third-order valence-corrected chi connectivity index (χ3v) is 7.10. The lowest BCUT2D eigenvalue weighted by atomic mass is 10.1. The second-order valence-corrected chi connectivity index (χ2v) is 10.0. The third-order valence-electron chi connectivity index (χ3n) is 7.10. The Hall–Kier alpha value is -5.05. The SMILES string of the molecule is O=C(CN(Cc1ccccc1)C(=O)c1ccccc1F)Nc1ccc(N2CCN(C(=O)c3cccc(F)c3)CC2)cc1. The normalized spacial score (nSPS) is 13.0. The Morgan fingerprint density at radius 3 is 2.14 bits per heavy atom. The Morgan fingerprint density at radius 1 is 0.762 bits per heavy atom. The molecule has 1 heterocycles. The Bertz CT molecular complexity index is 1560. The summed E-state index contributed by atoms with van der Waals surface area (Å²) in [6, 6.07) is 28.0. The van der Waals surface area contributed by atoms with Gasteiger partial charge in [0.1, 0.15) is 18.2 Å². The van der Waals surface area contributed by atoms with Crippen LogP contribution in [0.15, 0.2) is 103 Å². The minimum atomic E-state index is -0.643. The summed E-state index contributed by atoms with van der Waals surface area (Å²) >= 11 is 0. The molecule has 1 N–H and O–H groups in total. The van der Waals surface area contributed by atoms with Gasteiger partial charge in [0.2, 0.25) is 5.91 Å². The first-order valence-corrected chi connectivity index (χ1v) is 13.6. The number of carbonyl (C=O) groups is 3. The molecule has 0 spiro atoms. The zero-order valence-electron chi connectivity index (χ0n) is 22.9. The summed E-state index contributed by atoms with van der Waals surface area (Å²) in [5.74, 6) is -2.25. The van der Waals surface area contributed by atoms with E-state index in [0.717, 1.165) is 11.3 Å². The zero-order chi connectivity index (χ0) is 29.5. The van der Waals surface area contributed by atoms with E-state index in [4.69, 9.17) is 0 Å². The molecule has 0 atom stereocenters. The first-order chi connectivity index (χ1) is 20.4. The zero-order valence-corrected chi connectivity index (χ0v) is 22.9. The number of hydrogen-bond donors (Lipinski definition) is 1. The van der Waals surface area contributed by atoms with Crippen LogP contribution in [0.2, 0.25) is 0 Å². The fourth-order valence-corrected chi connectivity index (χ4v) is 4.91. The van der Waals surface area contributed by atoms with E-state index in [2.05, 4.69) is 10.2 Å². The number of anilines is 2. The highest BCUT2D eigenvalue weighted by molar-refractivity contribution is 5.99. The highest BCUT2D eigenvalue weighted by Gasteiger charge is 2.24. The van der Waals surface area contributed by atoms with Crippen molar-refractivity contribution in [1.29, 1.82) is 0 Å². The molecule has 0 saturated carbocycles. The fourth-order valence-electron chi connectivity index (χ4n) is 4.91. The van der Waals surface area contributed by atoms with Crippen LogP contribution in [0.5, 0.6) is 0 Å². The molecule has 0 unspecified atom stereocenters. The van der Waals surface area contributed by atoms with Gasteiger partial charge in [-0.05, 0) is 60.2 Å². The van der Waals surface area contributed by atoms with E-state index in [1.807, 2.05) is 42.5 Å². The number of nitrogens with zero attached hydrogens (tertiary/aromatic N) is 3. The third kappa shape index (κ3) is 6.98. The molecule has 5 rings (SSSR count). The Balaban J connectivity index is 1.19. The van der Waals surface area contributed by atoms with E-state index in [1.54, 1.807) is 29.2 Å². The summed E-state index contributed by atoms with van der Waals surface area (Å²) in [7, 11) is 0. The molecule has 0 aliphatic carbocycles. The first-order valence-electron chi connectivity index (χ1n) is 13.6. The molecule has 4 aromatic rings. The Kier molecular flexibility index (Phi) is 8.87. The van der Waals surface area contributed by atoms with Crippen molar-refractivity contribution in [3.63, 3.8) is 0 Å². The number of rotatable bonds is 8. The second kappa shape index (κ2) is 13.1. The van der Waals surface area contributed by atoms with Gasteiger partial charge in [-0.1, -0.05) is 48.5 Å². The van der Waals surface area contributed by atoms with Crippen LogP contribution < -0.4 is 10.2 Å². The van der Waals surface area contributed by atoms with Crippen molar-refractivity contribution in [1.82, 2.24) is 9.80 Å². The molecule has 42 heavy (non-hydrogen) atoms. The summed E-state index contributed by atoms with van der Waals surface area (Å²) in [6.45, 7) is 2.11. The number of carbonyl (C=O) groups excluding carboxylic acids is 3. The van der Waals surface area contributed by atoms with Crippen molar-refractivity contribution in [2.45, 2.75) is 6.54 Å². The van der Waals surface area contributed by atoms with E-state index in [1.165, 1.54) is 41.3 Å². The van der Waals surface area contributed by atoms with Crippen LogP contribution in [-0.4, -0.2) is 60.2 Å². The van der Waals surface area contributed by atoms with E-state index < -0.39 is 23.4 Å². The van der Waals surface area contributed by atoms with Gasteiger partial charge in [0.15, 0.2) is 0 Å². The van der Waals surface area contributed by atoms with Crippen LogP contribution >= 0.6 is 0 Å². The van der Waals surface area contributed by atoms with Crippen molar-refractivity contribution in [3.05, 3.63) is 131 Å². The molecular weight excluding hydrogens is 538 g/mol. The van der Waals surface area contributed by atoms with Crippen molar-refractivity contribution < 1.29 is 23.2 Å². The second-order valence-electron chi connectivity index (χ2n) is 10.0. The van der Waals surface area contributed by atoms with E-state index in [9.17, 15) is 23.2 Å². The molecule has 9 heteroatoms. The van der Waals surface area contributed by atoms with Crippen molar-refractivity contribution in [3.8, 4) is 0 Å². The number of nitrogens with one attached hydrogen (secondary N) is 1. The number of amides is 3. The highest BCUT2D eigenvalue weighted by Crippen LogP contribution is 2.21. The monoisotopic (exact) mass is 568 g/mol. The van der Waals surface area contributed by atoms with Crippen molar-refractivity contribution in [2.75, 3.05) is 42.9 Å². The number of piperazine rings is 1. The molecular formula is C33H30F2N4O3. The molecule has 0 radical (unpaired) electrons. The molecule has 1 fully saturated rings. The average Bonchev–Trinajstić information content (AvgIpc) is 3.01. The van der Waals surface area contributed by atoms with Gasteiger partial charge in [-0.3, -0.25) is 14.4 Å². The molecule has 4 aromatic carbocycles. The summed E-state index contributed by atoms with van der Waals surface area (Å²) in [5.41, 5.74) is 2.55. The van der Waals surface area contributed by atoms with Crippen LogP contribution in [0, 0.1) is 11.6 Å². The maximum Gasteiger partial charge on any atom is 0.257 e. The van der Waals surface area contributed by atoms with Crippen LogP contribution in [0.3, 0.4) is 0 Å². The van der Waals surface area contributed by atoms with Gasteiger partial charge >= 0.3 is 0 Å². The van der Waals surface area contributed by atoms with E-state index >= 15 is 0 Å². The first kappa shape index (κ1) is 28.5. The van der Waals surface area contributed by atoms with E-state index in [-0.39, 0.29) is 24.6 Å². The fraction of sp³-hybridized carbons (Fsp3) is 0.182. The highest BCUT2D eigenvalue weighted by atomic mass is 19.1. The summed E-state index contributed by atoms with van der Waals surface area (Å²) in [5, 5.41) is 2.83. The number of benzene rings is 4. The molecule has 1 aliphatic rings. The van der Waals surface area contributed by atoms with Gasteiger partial charge in [-0.15, -0.1) is 0 Å². The van der Waals surface area contributed by atoms with Crippen LogP contribution in [0.1, 0.15) is 26.3 Å². The predicted molar refractivity (Wildman–Crippen MR) is 157 cm³/mol. The van der Waals surface area contributed by atoms with E-state index in [0.29, 0.717) is 37.4 Å².